The first-order chi connectivity index (χ1) is 24.0. The summed E-state index contributed by atoms with van der Waals surface area (Å²) in [6.07, 6.45) is 7.10. The van der Waals surface area contributed by atoms with Crippen LogP contribution in [0, 0.1) is 5.92 Å². The number of rotatable bonds is 6. The van der Waals surface area contributed by atoms with Crippen LogP contribution in [-0.4, -0.2) is 79.0 Å². The topological polar surface area (TPSA) is 215 Å². The van der Waals surface area contributed by atoms with Gasteiger partial charge < -0.3 is 35.0 Å². The lowest BCUT2D eigenvalue weighted by Gasteiger charge is -2.25. The molecule has 5 amide bonds. The van der Waals surface area contributed by atoms with Gasteiger partial charge in [0.1, 0.15) is 42.4 Å². The van der Waals surface area contributed by atoms with Crippen LogP contribution < -0.4 is 21.3 Å². The monoisotopic (exact) mass is 683 g/mol. The summed E-state index contributed by atoms with van der Waals surface area (Å²) >= 11 is 0. The average Bonchev–Trinajstić information content (AvgIpc) is 3.88. The number of nitrogens with one attached hydrogen (secondary N) is 4. The Morgan fingerprint density at radius 3 is 2.42 bits per heavy atom. The SMILES string of the molecule is CC(C)C[C@H]1NC(=O)c2coc(n2)[C@H](Cc2ccccc2)NC(=O)[C@@H]2C[C@H](NC(=O)c3cnccn3)CN2C(=O)c2coc(n2)[C@@H](C)NC1=O. The number of fused-ring (bicyclic) bond motifs is 5. The molecule has 16 nitrogen and oxygen atoms in total. The van der Waals surface area contributed by atoms with Crippen molar-refractivity contribution in [3.05, 3.63) is 95.9 Å². The Hall–Kier alpha value is -5.93. The molecule has 4 aromatic rings. The minimum Gasteiger partial charge on any atom is -0.446 e. The van der Waals surface area contributed by atoms with Crippen LogP contribution in [0.5, 0.6) is 0 Å². The normalized spacial score (nSPS) is 23.0. The van der Waals surface area contributed by atoms with Crippen LogP contribution in [0.15, 0.2) is 70.3 Å². The number of hydrogen-bond acceptors (Lipinski definition) is 11. The Morgan fingerprint density at radius 1 is 0.940 bits per heavy atom. The number of aromatic nitrogens is 4. The maximum absolute atomic E-state index is 14.1. The summed E-state index contributed by atoms with van der Waals surface area (Å²) in [4.78, 5) is 85.9. The molecule has 4 N–H and O–H groups in total. The Kier molecular flexibility index (Phi) is 9.97. The summed E-state index contributed by atoms with van der Waals surface area (Å²) in [7, 11) is 0. The molecule has 1 aromatic carbocycles. The van der Waals surface area contributed by atoms with Gasteiger partial charge in [-0.05, 0) is 31.2 Å². The molecule has 5 atom stereocenters. The van der Waals surface area contributed by atoms with E-state index in [0.29, 0.717) is 6.42 Å². The molecule has 50 heavy (non-hydrogen) atoms. The lowest BCUT2D eigenvalue weighted by molar-refractivity contribution is -0.126. The predicted molar refractivity (Wildman–Crippen MR) is 174 cm³/mol. The summed E-state index contributed by atoms with van der Waals surface area (Å²) in [5.74, 6) is -2.63. The van der Waals surface area contributed by atoms with E-state index in [1.54, 1.807) is 6.92 Å². The van der Waals surface area contributed by atoms with Crippen LogP contribution in [-0.2, 0) is 16.0 Å². The molecular weight excluding hydrogens is 646 g/mol. The van der Waals surface area contributed by atoms with Gasteiger partial charge in [-0.15, -0.1) is 0 Å². The lowest BCUT2D eigenvalue weighted by Crippen LogP contribution is -2.48. The summed E-state index contributed by atoms with van der Waals surface area (Å²) in [6.45, 7) is 5.44. The van der Waals surface area contributed by atoms with E-state index in [-0.39, 0.29) is 54.2 Å². The van der Waals surface area contributed by atoms with Gasteiger partial charge in [-0.1, -0.05) is 44.2 Å². The highest BCUT2D eigenvalue weighted by Crippen LogP contribution is 2.25. The van der Waals surface area contributed by atoms with Crippen LogP contribution in [0.2, 0.25) is 0 Å². The Bertz CT molecular complexity index is 1860. The molecule has 5 heterocycles. The van der Waals surface area contributed by atoms with Crippen molar-refractivity contribution in [1.29, 1.82) is 0 Å². The summed E-state index contributed by atoms with van der Waals surface area (Å²) in [5.41, 5.74) is 0.751. The first kappa shape index (κ1) is 34.0. The van der Waals surface area contributed by atoms with E-state index in [0.717, 1.165) is 11.8 Å². The van der Waals surface area contributed by atoms with Crippen LogP contribution in [0.3, 0.4) is 0 Å². The third kappa shape index (κ3) is 7.69. The van der Waals surface area contributed by atoms with E-state index in [1.807, 2.05) is 44.2 Å². The fraction of sp³-hybridized carbons (Fsp3) is 0.382. The molecule has 4 bridgehead atoms. The molecular formula is C34H37N9O7. The van der Waals surface area contributed by atoms with Crippen LogP contribution in [0.25, 0.3) is 0 Å². The van der Waals surface area contributed by atoms with Crippen molar-refractivity contribution in [2.24, 2.45) is 5.92 Å². The van der Waals surface area contributed by atoms with Crippen molar-refractivity contribution in [1.82, 2.24) is 46.1 Å². The molecule has 0 unspecified atom stereocenters. The van der Waals surface area contributed by atoms with E-state index in [2.05, 4.69) is 41.2 Å². The molecule has 1 saturated heterocycles. The number of nitrogens with zero attached hydrogens (tertiary/aromatic N) is 5. The molecule has 16 heteroatoms. The molecule has 0 radical (unpaired) electrons. The molecule has 3 aromatic heterocycles. The van der Waals surface area contributed by atoms with Gasteiger partial charge in [0.25, 0.3) is 17.7 Å². The van der Waals surface area contributed by atoms with Gasteiger partial charge in [0.05, 0.1) is 6.20 Å². The molecule has 1 fully saturated rings. The quantitative estimate of drug-likeness (QED) is 0.230. The highest BCUT2D eigenvalue weighted by atomic mass is 16.3. The van der Waals surface area contributed by atoms with Gasteiger partial charge in [-0.3, -0.25) is 29.0 Å². The van der Waals surface area contributed by atoms with Crippen molar-refractivity contribution in [3.63, 3.8) is 0 Å². The zero-order valence-corrected chi connectivity index (χ0v) is 27.7. The van der Waals surface area contributed by atoms with Crippen molar-refractivity contribution in [2.45, 2.75) is 70.2 Å². The molecule has 0 aliphatic carbocycles. The smallest absolute Gasteiger partial charge is 0.276 e. The third-order valence-corrected chi connectivity index (χ3v) is 8.45. The zero-order chi connectivity index (χ0) is 35.4. The van der Waals surface area contributed by atoms with E-state index < -0.39 is 59.7 Å². The minimum absolute atomic E-state index is 0.0268. The first-order valence-electron chi connectivity index (χ1n) is 16.3. The second kappa shape index (κ2) is 14.7. The summed E-state index contributed by atoms with van der Waals surface area (Å²) < 4.78 is 11.4. The lowest BCUT2D eigenvalue weighted by atomic mass is 10.0. The first-order valence-corrected chi connectivity index (χ1v) is 16.3. The Balaban J connectivity index is 1.36. The van der Waals surface area contributed by atoms with Crippen LogP contribution >= 0.6 is 0 Å². The number of benzene rings is 1. The summed E-state index contributed by atoms with van der Waals surface area (Å²) in [5, 5.41) is 11.4. The van der Waals surface area contributed by atoms with Gasteiger partial charge in [-0.25, -0.2) is 15.0 Å². The standard InChI is InChI=1S/C34H37N9O7/c1-18(2)11-22-28(44)37-19(3)32-42-26(17-49-32)34(48)43-15-21(38-29(45)24-14-35-9-10-36-24)13-27(43)31(47)40-23(12-20-7-5-4-6-8-20)33-41-25(16-50-33)30(46)39-22/h4-10,14,16-19,21-23,27H,11-13,15H2,1-3H3,(H,37,44)(H,38,45)(H,39,46)(H,40,47)/t19-,21+,22-,23+,27+/m1/s1. The molecule has 2 aliphatic heterocycles. The highest BCUT2D eigenvalue weighted by Gasteiger charge is 2.43. The Labute approximate surface area is 286 Å². The maximum atomic E-state index is 14.1. The highest BCUT2D eigenvalue weighted by molar-refractivity contribution is 5.98. The average molecular weight is 684 g/mol. The van der Waals surface area contributed by atoms with E-state index in [9.17, 15) is 24.0 Å². The van der Waals surface area contributed by atoms with Gasteiger partial charge in [0, 0.05) is 31.4 Å². The fourth-order valence-electron chi connectivity index (χ4n) is 6.00. The third-order valence-electron chi connectivity index (χ3n) is 8.45. The van der Waals surface area contributed by atoms with E-state index in [1.165, 1.54) is 29.8 Å². The van der Waals surface area contributed by atoms with Gasteiger partial charge in [-0.2, -0.15) is 0 Å². The maximum Gasteiger partial charge on any atom is 0.276 e. The van der Waals surface area contributed by atoms with Gasteiger partial charge in [0.2, 0.25) is 23.6 Å². The van der Waals surface area contributed by atoms with Crippen molar-refractivity contribution >= 4 is 29.5 Å². The number of amides is 5. The molecule has 6 rings (SSSR count). The van der Waals surface area contributed by atoms with Gasteiger partial charge in [0.15, 0.2) is 11.4 Å². The van der Waals surface area contributed by atoms with Crippen molar-refractivity contribution < 1.29 is 32.8 Å². The summed E-state index contributed by atoms with van der Waals surface area (Å²) in [6, 6.07) is 5.04. The number of carbonyl (C=O) groups is 5. The second-order valence-corrected chi connectivity index (χ2v) is 12.7. The predicted octanol–water partition coefficient (Wildman–Crippen LogP) is 1.90. The van der Waals surface area contributed by atoms with Gasteiger partial charge >= 0.3 is 0 Å². The minimum atomic E-state index is -1.06. The Morgan fingerprint density at radius 2 is 1.68 bits per heavy atom. The number of oxazole rings is 2. The van der Waals surface area contributed by atoms with Crippen molar-refractivity contribution in [3.8, 4) is 0 Å². The molecule has 2 aliphatic rings. The fourth-order valence-corrected chi connectivity index (χ4v) is 6.00. The van der Waals surface area contributed by atoms with Crippen LogP contribution in [0.4, 0.5) is 0 Å². The van der Waals surface area contributed by atoms with Crippen molar-refractivity contribution in [2.75, 3.05) is 6.54 Å². The molecule has 260 valence electrons. The number of hydrogen-bond donors (Lipinski definition) is 4. The zero-order valence-electron chi connectivity index (χ0n) is 27.7. The molecule has 0 saturated carbocycles. The van der Waals surface area contributed by atoms with E-state index in [4.69, 9.17) is 8.83 Å². The van der Waals surface area contributed by atoms with Crippen LogP contribution in [0.1, 0.15) is 94.5 Å². The second-order valence-electron chi connectivity index (χ2n) is 12.7. The largest absolute Gasteiger partial charge is 0.446 e. The molecule has 0 spiro atoms. The van der Waals surface area contributed by atoms with E-state index >= 15 is 0 Å². The number of carbonyl (C=O) groups excluding carboxylic acids is 5.